The number of carbonyl (C=O) groups excluding carboxylic acids is 6. The van der Waals surface area contributed by atoms with Crippen LogP contribution in [0.4, 0.5) is 0 Å². The molecule has 11 nitrogen and oxygen atoms in total. The van der Waals surface area contributed by atoms with Crippen molar-refractivity contribution in [3.63, 3.8) is 0 Å². The predicted octanol–water partition coefficient (Wildman–Crippen LogP) is 2.73. The number of hydrogen-bond acceptors (Lipinski definition) is 7. The van der Waals surface area contributed by atoms with E-state index in [0.29, 0.717) is 29.9 Å². The highest BCUT2D eigenvalue weighted by atomic mass is 35.5. The highest BCUT2D eigenvalue weighted by Gasteiger charge is 2.36. The fourth-order valence-corrected chi connectivity index (χ4v) is 5.33. The number of fused-ring (bicyclic) bond motifs is 1. The van der Waals surface area contributed by atoms with Gasteiger partial charge in [0.2, 0.25) is 11.8 Å². The van der Waals surface area contributed by atoms with Crippen molar-refractivity contribution in [3.05, 3.63) is 70.9 Å². The molecule has 0 spiro atoms. The molecule has 0 unspecified atom stereocenters. The molecule has 1 saturated carbocycles. The molecule has 2 fully saturated rings. The minimum absolute atomic E-state index is 0.0226. The van der Waals surface area contributed by atoms with E-state index in [1.807, 2.05) is 0 Å². The fraction of sp³-hybridized carbons (Fsp3) is 0.355. The number of rotatable bonds is 13. The lowest BCUT2D eigenvalue weighted by molar-refractivity contribution is -0.144. The number of nitrogens with one attached hydrogen (secondary N) is 4. The summed E-state index contributed by atoms with van der Waals surface area (Å²) in [6.45, 7) is -0.333. The molecule has 4 N–H and O–H groups in total. The lowest BCUT2D eigenvalue weighted by Gasteiger charge is -2.24. The molecule has 3 aromatic rings. The first-order valence-corrected chi connectivity index (χ1v) is 14.5. The van der Waals surface area contributed by atoms with Crippen molar-refractivity contribution in [1.82, 2.24) is 20.9 Å². The first kappa shape index (κ1) is 30.0. The maximum Gasteiger partial charge on any atom is 0.380 e. The van der Waals surface area contributed by atoms with E-state index in [1.54, 1.807) is 42.5 Å². The van der Waals surface area contributed by atoms with Gasteiger partial charge in [-0.1, -0.05) is 66.9 Å². The number of aromatic amines is 1. The number of carbonyl (C=O) groups is 6. The number of Topliss-reactive ketones (excluding diaryl/α,β-unsaturated/α-hetero) is 2. The first-order valence-electron chi connectivity index (χ1n) is 14.1. The Bertz CT molecular complexity index is 1570. The number of ketones is 2. The predicted molar refractivity (Wildman–Crippen MR) is 156 cm³/mol. The normalized spacial score (nSPS) is 17.5. The summed E-state index contributed by atoms with van der Waals surface area (Å²) in [7, 11) is 0. The summed E-state index contributed by atoms with van der Waals surface area (Å²) in [6, 6.07) is 12.5. The summed E-state index contributed by atoms with van der Waals surface area (Å²) in [6.07, 6.45) is 2.64. The monoisotopic (exact) mass is 606 g/mol. The Morgan fingerprint density at radius 3 is 2.37 bits per heavy atom. The van der Waals surface area contributed by atoms with Crippen LogP contribution in [0.5, 0.6) is 0 Å². The minimum Gasteiger partial charge on any atom is -0.452 e. The van der Waals surface area contributed by atoms with Crippen LogP contribution in [0.15, 0.2) is 54.6 Å². The van der Waals surface area contributed by atoms with Crippen LogP contribution < -0.4 is 16.0 Å². The van der Waals surface area contributed by atoms with E-state index in [2.05, 4.69) is 20.9 Å². The summed E-state index contributed by atoms with van der Waals surface area (Å²) in [5.74, 6) is -4.45. The van der Waals surface area contributed by atoms with Gasteiger partial charge in [-0.05, 0) is 37.3 Å². The second kappa shape index (κ2) is 13.2. The van der Waals surface area contributed by atoms with E-state index >= 15 is 0 Å². The average molecular weight is 607 g/mol. The van der Waals surface area contributed by atoms with Gasteiger partial charge in [0, 0.05) is 23.4 Å². The zero-order valence-electron chi connectivity index (χ0n) is 23.2. The molecule has 2 heterocycles. The van der Waals surface area contributed by atoms with Crippen molar-refractivity contribution in [3.8, 4) is 0 Å². The zero-order valence-corrected chi connectivity index (χ0v) is 23.9. The quantitative estimate of drug-likeness (QED) is 0.132. The highest BCUT2D eigenvalue weighted by molar-refractivity contribution is 6.40. The Morgan fingerprint density at radius 2 is 1.70 bits per heavy atom. The topological polar surface area (TPSA) is 164 Å². The number of halogens is 1. The number of benzene rings is 2. The van der Waals surface area contributed by atoms with Crippen LogP contribution in [0.3, 0.4) is 0 Å². The Morgan fingerprint density at radius 1 is 0.930 bits per heavy atom. The molecule has 1 aromatic heterocycles. The van der Waals surface area contributed by atoms with Crippen LogP contribution in [0.1, 0.15) is 53.0 Å². The van der Waals surface area contributed by atoms with E-state index in [4.69, 9.17) is 16.3 Å². The maximum absolute atomic E-state index is 13.5. The second-order valence-electron chi connectivity index (χ2n) is 10.9. The molecule has 3 atom stereocenters. The summed E-state index contributed by atoms with van der Waals surface area (Å²) in [5.41, 5.74) is 0.934. The smallest absolute Gasteiger partial charge is 0.380 e. The van der Waals surface area contributed by atoms with Gasteiger partial charge >= 0.3 is 5.97 Å². The Balaban J connectivity index is 1.27. The third-order valence-corrected chi connectivity index (χ3v) is 8.01. The standard InChI is InChI=1S/C31H31ClN4O7/c32-21-8-4-7-19-14-24(34-26(19)21)30(41)36-23(13-17-9-10-17)29(40)35-22(15-20-11-12-33-28(20)39)25(37)16-43-31(42)27(38)18-5-2-1-3-6-18/h1-8,14,17,20,22-23,34H,9-13,15-16H2,(H,33,39)(H,35,40)(H,36,41)/t20-,22-,23-/m0/s1. The van der Waals surface area contributed by atoms with Crippen LogP contribution >= 0.6 is 11.6 Å². The van der Waals surface area contributed by atoms with Gasteiger partial charge in [0.1, 0.15) is 11.7 Å². The molecule has 12 heteroatoms. The van der Waals surface area contributed by atoms with Crippen LogP contribution in [-0.4, -0.2) is 65.5 Å². The summed E-state index contributed by atoms with van der Waals surface area (Å²) in [4.78, 5) is 79.9. The van der Waals surface area contributed by atoms with Crippen LogP contribution in [0.25, 0.3) is 10.9 Å². The maximum atomic E-state index is 13.5. The Kier molecular flexibility index (Phi) is 9.20. The molecule has 1 saturated heterocycles. The van der Waals surface area contributed by atoms with Gasteiger partial charge in [0.15, 0.2) is 12.4 Å². The van der Waals surface area contributed by atoms with E-state index in [9.17, 15) is 28.8 Å². The number of esters is 1. The largest absolute Gasteiger partial charge is 0.452 e. The summed E-state index contributed by atoms with van der Waals surface area (Å²) >= 11 is 6.23. The Hall–Kier alpha value is -4.51. The number of aromatic nitrogens is 1. The van der Waals surface area contributed by atoms with Crippen molar-refractivity contribution in [2.24, 2.45) is 11.8 Å². The van der Waals surface area contributed by atoms with Gasteiger partial charge in [0.05, 0.1) is 16.6 Å². The molecule has 0 bridgehead atoms. The summed E-state index contributed by atoms with van der Waals surface area (Å²) < 4.78 is 5.00. The molecule has 0 radical (unpaired) electrons. The van der Waals surface area contributed by atoms with Crippen molar-refractivity contribution in [2.75, 3.05) is 13.2 Å². The molecule has 224 valence electrons. The highest BCUT2D eigenvalue weighted by Crippen LogP contribution is 2.34. The molecular formula is C31H31ClN4O7. The number of para-hydroxylation sites is 1. The van der Waals surface area contributed by atoms with Gasteiger partial charge < -0.3 is 25.7 Å². The molecule has 3 amide bonds. The van der Waals surface area contributed by atoms with Crippen LogP contribution in [0, 0.1) is 11.8 Å². The fourth-order valence-electron chi connectivity index (χ4n) is 5.10. The first-order chi connectivity index (χ1) is 20.7. The molecule has 2 aromatic carbocycles. The zero-order chi connectivity index (χ0) is 30.5. The minimum atomic E-state index is -1.21. The van der Waals surface area contributed by atoms with E-state index < -0.39 is 54.0 Å². The van der Waals surface area contributed by atoms with Crippen molar-refractivity contribution in [1.29, 1.82) is 0 Å². The van der Waals surface area contributed by atoms with E-state index in [-0.39, 0.29) is 29.5 Å². The van der Waals surface area contributed by atoms with Gasteiger partial charge in [-0.25, -0.2) is 4.79 Å². The molecular weight excluding hydrogens is 576 g/mol. The SMILES string of the molecule is O=C(OCC(=O)[C@H](C[C@@H]1CCNC1=O)NC(=O)[C@H](CC1CC1)NC(=O)c1cc2cccc(Cl)c2[nH]1)C(=O)c1ccccc1. The molecule has 43 heavy (non-hydrogen) atoms. The van der Waals surface area contributed by atoms with Crippen molar-refractivity contribution < 1.29 is 33.5 Å². The van der Waals surface area contributed by atoms with Crippen LogP contribution in [0.2, 0.25) is 5.02 Å². The third-order valence-electron chi connectivity index (χ3n) is 7.69. The summed E-state index contributed by atoms with van der Waals surface area (Å²) in [5, 5.41) is 9.35. The lowest BCUT2D eigenvalue weighted by Crippen LogP contribution is -2.53. The number of H-pyrrole nitrogens is 1. The number of ether oxygens (including phenoxy) is 1. The van der Waals surface area contributed by atoms with E-state index in [1.165, 1.54) is 12.1 Å². The Labute approximate surface area is 252 Å². The van der Waals surface area contributed by atoms with Crippen LogP contribution in [-0.2, 0) is 23.9 Å². The molecule has 2 aliphatic rings. The second-order valence-corrected chi connectivity index (χ2v) is 11.3. The van der Waals surface area contributed by atoms with Gasteiger partial charge in [0.25, 0.3) is 11.7 Å². The van der Waals surface area contributed by atoms with Crippen molar-refractivity contribution >= 4 is 57.8 Å². The molecule has 1 aliphatic carbocycles. The average Bonchev–Trinajstić information content (AvgIpc) is 3.56. The third kappa shape index (κ3) is 7.47. The van der Waals surface area contributed by atoms with Gasteiger partial charge in [-0.15, -0.1) is 0 Å². The number of hydrogen-bond donors (Lipinski definition) is 4. The van der Waals surface area contributed by atoms with Gasteiger partial charge in [-0.2, -0.15) is 0 Å². The van der Waals surface area contributed by atoms with E-state index in [0.717, 1.165) is 18.2 Å². The molecule has 1 aliphatic heterocycles. The van der Waals surface area contributed by atoms with Crippen molar-refractivity contribution in [2.45, 2.75) is 44.2 Å². The van der Waals surface area contributed by atoms with Gasteiger partial charge in [-0.3, -0.25) is 24.0 Å². The number of amides is 3. The lowest BCUT2D eigenvalue weighted by atomic mass is 9.95. The molecule has 5 rings (SSSR count).